The summed E-state index contributed by atoms with van der Waals surface area (Å²) in [4.78, 5) is 8.99. The maximum Gasteiger partial charge on any atom is 0.247 e. The average Bonchev–Trinajstić information content (AvgIpc) is 3.26. The third kappa shape index (κ3) is 2.79. The van der Waals surface area contributed by atoms with Crippen LogP contribution in [0.2, 0.25) is 0 Å². The maximum absolute atomic E-state index is 5.38. The van der Waals surface area contributed by atoms with Crippen LogP contribution in [0.4, 0.5) is 11.6 Å². The van der Waals surface area contributed by atoms with Crippen molar-refractivity contribution in [3.05, 3.63) is 43.0 Å². The Hall–Kier alpha value is -3.62. The van der Waals surface area contributed by atoms with Gasteiger partial charge in [-0.1, -0.05) is 0 Å². The molecule has 0 aliphatic rings. The molecule has 4 aromatic rings. The van der Waals surface area contributed by atoms with E-state index in [9.17, 15) is 0 Å². The Balaban J connectivity index is 1.75. The summed E-state index contributed by atoms with van der Waals surface area (Å²) in [5.41, 5.74) is 2.92. The van der Waals surface area contributed by atoms with Crippen LogP contribution in [0.5, 0.6) is 11.5 Å². The highest BCUT2D eigenvalue weighted by Crippen LogP contribution is 2.31. The number of anilines is 2. The smallest absolute Gasteiger partial charge is 0.247 e. The van der Waals surface area contributed by atoms with E-state index in [0.717, 1.165) is 5.56 Å². The third-order valence-corrected chi connectivity index (χ3v) is 3.89. The van der Waals surface area contributed by atoms with Crippen LogP contribution in [0.15, 0.2) is 43.0 Å². The van der Waals surface area contributed by atoms with Gasteiger partial charge in [-0.05, 0) is 12.1 Å². The van der Waals surface area contributed by atoms with Crippen molar-refractivity contribution < 1.29 is 9.47 Å². The molecule has 0 spiro atoms. The molecule has 26 heavy (non-hydrogen) atoms. The number of nitrogens with one attached hydrogen (secondary N) is 1. The number of benzene rings is 1. The Morgan fingerprint density at radius 3 is 2.77 bits per heavy atom. The van der Waals surface area contributed by atoms with E-state index in [4.69, 9.17) is 9.47 Å². The van der Waals surface area contributed by atoms with Crippen LogP contribution in [0, 0.1) is 0 Å². The average molecular weight is 351 g/mol. The lowest BCUT2D eigenvalue weighted by atomic mass is 10.2. The zero-order valence-electron chi connectivity index (χ0n) is 14.5. The van der Waals surface area contributed by atoms with Gasteiger partial charge in [-0.2, -0.15) is 10.1 Å². The highest BCUT2D eigenvalue weighted by Gasteiger charge is 2.14. The lowest BCUT2D eigenvalue weighted by Crippen LogP contribution is -1.97. The molecule has 4 rings (SSSR count). The molecule has 3 heterocycles. The molecule has 0 atom stereocenters. The van der Waals surface area contributed by atoms with E-state index in [1.54, 1.807) is 42.0 Å². The molecule has 1 N–H and O–H groups in total. The van der Waals surface area contributed by atoms with Crippen LogP contribution in [-0.2, 0) is 7.05 Å². The lowest BCUT2D eigenvalue weighted by Gasteiger charge is -2.10. The van der Waals surface area contributed by atoms with E-state index in [1.807, 2.05) is 31.4 Å². The Labute approximate surface area is 149 Å². The summed E-state index contributed by atoms with van der Waals surface area (Å²) in [6.07, 6.45) is 7.06. The second kappa shape index (κ2) is 6.36. The molecule has 0 saturated heterocycles. The van der Waals surface area contributed by atoms with Crippen molar-refractivity contribution >= 4 is 17.3 Å². The minimum atomic E-state index is 0.426. The summed E-state index contributed by atoms with van der Waals surface area (Å²) in [5, 5.41) is 11.8. The number of nitrogens with zero attached hydrogens (tertiary/aromatic N) is 6. The van der Waals surface area contributed by atoms with Crippen LogP contribution in [0.1, 0.15) is 0 Å². The normalized spacial score (nSPS) is 10.9. The predicted molar refractivity (Wildman–Crippen MR) is 95.8 cm³/mol. The number of aromatic nitrogens is 6. The van der Waals surface area contributed by atoms with Gasteiger partial charge in [-0.3, -0.25) is 9.67 Å². The summed E-state index contributed by atoms with van der Waals surface area (Å²) >= 11 is 0. The Morgan fingerprint density at radius 1 is 1.15 bits per heavy atom. The fourth-order valence-electron chi connectivity index (χ4n) is 2.65. The molecule has 132 valence electrons. The number of ether oxygens (including phenoxy) is 2. The topological polar surface area (TPSA) is 91.4 Å². The first-order valence-electron chi connectivity index (χ1n) is 7.87. The minimum Gasteiger partial charge on any atom is -0.497 e. The van der Waals surface area contributed by atoms with Crippen molar-refractivity contribution in [1.82, 2.24) is 29.4 Å². The monoisotopic (exact) mass is 351 g/mol. The Bertz CT molecular complexity index is 1070. The number of fused-ring (bicyclic) bond motifs is 1. The maximum atomic E-state index is 5.38. The largest absolute Gasteiger partial charge is 0.497 e. The van der Waals surface area contributed by atoms with Crippen LogP contribution < -0.4 is 14.8 Å². The molecule has 9 nitrogen and oxygen atoms in total. The van der Waals surface area contributed by atoms with E-state index in [-0.39, 0.29) is 0 Å². The fourth-order valence-corrected chi connectivity index (χ4v) is 2.65. The van der Waals surface area contributed by atoms with Crippen molar-refractivity contribution in [3.63, 3.8) is 0 Å². The van der Waals surface area contributed by atoms with Gasteiger partial charge in [-0.25, -0.2) is 4.52 Å². The van der Waals surface area contributed by atoms with Crippen molar-refractivity contribution in [1.29, 1.82) is 0 Å². The van der Waals surface area contributed by atoms with Gasteiger partial charge in [0.15, 0.2) is 5.65 Å². The first kappa shape index (κ1) is 15.9. The molecule has 0 radical (unpaired) electrons. The molecule has 9 heteroatoms. The number of methoxy groups -OCH3 is 2. The molecule has 0 saturated carbocycles. The molecule has 3 aromatic heterocycles. The number of aryl methyl sites for hydroxylation is 1. The molecule has 0 fully saturated rings. The van der Waals surface area contributed by atoms with Gasteiger partial charge in [0.25, 0.3) is 0 Å². The summed E-state index contributed by atoms with van der Waals surface area (Å²) in [6.45, 7) is 0. The summed E-state index contributed by atoms with van der Waals surface area (Å²) in [5.74, 6) is 1.79. The van der Waals surface area contributed by atoms with Gasteiger partial charge in [0.05, 0.1) is 26.1 Å². The van der Waals surface area contributed by atoms with Gasteiger partial charge < -0.3 is 14.8 Å². The molecule has 0 unspecified atom stereocenters. The number of hydrogen-bond donors (Lipinski definition) is 1. The van der Waals surface area contributed by atoms with Crippen LogP contribution >= 0.6 is 0 Å². The van der Waals surface area contributed by atoms with Gasteiger partial charge in [0.1, 0.15) is 17.2 Å². The van der Waals surface area contributed by atoms with E-state index in [1.165, 1.54) is 0 Å². The second-order valence-corrected chi connectivity index (χ2v) is 5.57. The summed E-state index contributed by atoms with van der Waals surface area (Å²) in [7, 11) is 5.07. The third-order valence-electron chi connectivity index (χ3n) is 3.89. The molecular formula is C17H17N7O2. The molecule has 1 aromatic carbocycles. The first-order valence-corrected chi connectivity index (χ1v) is 7.87. The SMILES string of the molecule is COc1ccc(OC)c(Nc2nc3c(-c4cnn(C)c4)nccn3n2)c1. The van der Waals surface area contributed by atoms with Crippen molar-refractivity contribution in [2.45, 2.75) is 0 Å². The van der Waals surface area contributed by atoms with Crippen LogP contribution in [-0.4, -0.2) is 43.6 Å². The van der Waals surface area contributed by atoms with E-state index in [0.29, 0.717) is 34.5 Å². The zero-order valence-corrected chi connectivity index (χ0v) is 14.5. The van der Waals surface area contributed by atoms with Crippen molar-refractivity contribution in [2.75, 3.05) is 19.5 Å². The Morgan fingerprint density at radius 2 is 2.04 bits per heavy atom. The van der Waals surface area contributed by atoms with Crippen molar-refractivity contribution in [2.24, 2.45) is 7.05 Å². The van der Waals surface area contributed by atoms with Crippen LogP contribution in [0.25, 0.3) is 16.9 Å². The summed E-state index contributed by atoms with van der Waals surface area (Å²) < 4.78 is 14.0. The fraction of sp³-hybridized carbons (Fsp3) is 0.176. The highest BCUT2D eigenvalue weighted by atomic mass is 16.5. The standard InChI is InChI=1S/C17H17N7O2/c1-23-10-11(9-19-23)15-16-21-17(22-24(16)7-6-18-15)20-13-8-12(25-2)4-5-14(13)26-3/h4-10H,1-3H3,(H,20,22). The summed E-state index contributed by atoms with van der Waals surface area (Å²) in [6, 6.07) is 5.47. The van der Waals surface area contributed by atoms with Gasteiger partial charge in [0, 0.05) is 37.3 Å². The second-order valence-electron chi connectivity index (χ2n) is 5.57. The minimum absolute atomic E-state index is 0.426. The van der Waals surface area contributed by atoms with E-state index in [2.05, 4.69) is 25.5 Å². The van der Waals surface area contributed by atoms with Crippen molar-refractivity contribution in [3.8, 4) is 22.8 Å². The predicted octanol–water partition coefficient (Wildman–Crippen LogP) is 2.29. The van der Waals surface area contributed by atoms with E-state index >= 15 is 0 Å². The first-order chi connectivity index (χ1) is 12.7. The molecule has 0 bridgehead atoms. The van der Waals surface area contributed by atoms with Gasteiger partial charge >= 0.3 is 0 Å². The lowest BCUT2D eigenvalue weighted by molar-refractivity contribution is 0.405. The zero-order chi connectivity index (χ0) is 18.1. The molecule has 0 aliphatic heterocycles. The highest BCUT2D eigenvalue weighted by molar-refractivity contribution is 5.74. The van der Waals surface area contributed by atoms with Gasteiger partial charge in [-0.15, -0.1) is 5.10 Å². The van der Waals surface area contributed by atoms with Crippen LogP contribution in [0.3, 0.4) is 0 Å². The number of hydrogen-bond acceptors (Lipinski definition) is 7. The Kier molecular flexibility index (Phi) is 3.88. The number of rotatable bonds is 5. The molecule has 0 aliphatic carbocycles. The quantitative estimate of drug-likeness (QED) is 0.590. The molecule has 0 amide bonds. The van der Waals surface area contributed by atoms with Gasteiger partial charge in [0.2, 0.25) is 5.95 Å². The molecular weight excluding hydrogens is 334 g/mol. The van der Waals surface area contributed by atoms with E-state index < -0.39 is 0 Å².